The molecule has 0 atom stereocenters. The van der Waals surface area contributed by atoms with Gasteiger partial charge < -0.3 is 18.9 Å². The Morgan fingerprint density at radius 1 is 1.03 bits per heavy atom. The van der Waals surface area contributed by atoms with E-state index < -0.39 is 5.97 Å². The highest BCUT2D eigenvalue weighted by atomic mass is 16.5. The minimum atomic E-state index is -0.630. The van der Waals surface area contributed by atoms with Gasteiger partial charge in [-0.3, -0.25) is 4.79 Å². The van der Waals surface area contributed by atoms with E-state index in [9.17, 15) is 9.59 Å². The van der Waals surface area contributed by atoms with Gasteiger partial charge in [-0.25, -0.2) is 4.79 Å². The van der Waals surface area contributed by atoms with Gasteiger partial charge in [-0.05, 0) is 38.1 Å². The average molecular weight is 394 g/mol. The summed E-state index contributed by atoms with van der Waals surface area (Å²) in [5.41, 5.74) is 2.52. The van der Waals surface area contributed by atoms with Gasteiger partial charge in [-0.1, -0.05) is 35.5 Å². The fourth-order valence-corrected chi connectivity index (χ4v) is 2.72. The van der Waals surface area contributed by atoms with Crippen molar-refractivity contribution in [3.05, 3.63) is 77.2 Å². The molecule has 7 heteroatoms. The number of ether oxygens (including phenoxy) is 2. The van der Waals surface area contributed by atoms with E-state index in [1.165, 1.54) is 4.90 Å². The Morgan fingerprint density at radius 2 is 1.72 bits per heavy atom. The molecule has 1 aromatic heterocycles. The second kappa shape index (κ2) is 9.05. The molecule has 7 nitrogen and oxygen atoms in total. The van der Waals surface area contributed by atoms with Gasteiger partial charge in [0.2, 0.25) is 0 Å². The van der Waals surface area contributed by atoms with E-state index in [0.29, 0.717) is 11.5 Å². The summed E-state index contributed by atoms with van der Waals surface area (Å²) in [5.74, 6) is 0.0614. The zero-order valence-electron chi connectivity index (χ0n) is 16.5. The Bertz CT molecular complexity index is 978. The first-order chi connectivity index (χ1) is 14.0. The first-order valence-corrected chi connectivity index (χ1v) is 9.09. The maximum Gasteiger partial charge on any atom is 0.342 e. The molecule has 29 heavy (non-hydrogen) atoms. The fourth-order valence-electron chi connectivity index (χ4n) is 2.72. The molecule has 3 rings (SSSR count). The second-order valence-electron chi connectivity index (χ2n) is 6.45. The number of hydrogen-bond donors (Lipinski definition) is 0. The molecule has 0 unspecified atom stereocenters. The van der Waals surface area contributed by atoms with Crippen molar-refractivity contribution in [2.75, 3.05) is 18.6 Å². The molecule has 0 aliphatic heterocycles. The largest absolute Gasteiger partial charge is 0.488 e. The molecule has 2 aromatic carbocycles. The fraction of sp³-hybridized carbons (Fsp3) is 0.227. The lowest BCUT2D eigenvalue weighted by Gasteiger charge is -2.17. The van der Waals surface area contributed by atoms with Crippen molar-refractivity contribution < 1.29 is 23.6 Å². The molecule has 3 aromatic rings. The zero-order chi connectivity index (χ0) is 20.8. The lowest BCUT2D eigenvalue weighted by Crippen LogP contribution is -2.31. The summed E-state index contributed by atoms with van der Waals surface area (Å²) in [5, 5.41) is 3.89. The smallest absolute Gasteiger partial charge is 0.342 e. The number of para-hydroxylation sites is 2. The predicted octanol–water partition coefficient (Wildman–Crippen LogP) is 3.69. The molecule has 0 N–H and O–H groups in total. The van der Waals surface area contributed by atoms with Crippen LogP contribution in [0.2, 0.25) is 0 Å². The number of carbonyl (C=O) groups is 2. The van der Waals surface area contributed by atoms with E-state index in [4.69, 9.17) is 14.0 Å². The molecule has 0 aliphatic carbocycles. The number of anilines is 1. The molecule has 0 saturated carbocycles. The van der Waals surface area contributed by atoms with Crippen molar-refractivity contribution in [3.8, 4) is 5.75 Å². The Hall–Kier alpha value is -3.61. The first-order valence-electron chi connectivity index (χ1n) is 9.09. The van der Waals surface area contributed by atoms with Crippen molar-refractivity contribution in [2.45, 2.75) is 20.5 Å². The number of aryl methyl sites for hydroxylation is 2. The maximum atomic E-state index is 12.5. The van der Waals surface area contributed by atoms with Crippen LogP contribution in [0.1, 0.15) is 27.4 Å². The monoisotopic (exact) mass is 394 g/mol. The summed E-state index contributed by atoms with van der Waals surface area (Å²) in [7, 11) is 1.63. The number of nitrogens with zero attached hydrogens (tertiary/aromatic N) is 2. The van der Waals surface area contributed by atoms with Crippen LogP contribution in [0.25, 0.3) is 0 Å². The summed E-state index contributed by atoms with van der Waals surface area (Å²) >= 11 is 0. The van der Waals surface area contributed by atoms with Crippen LogP contribution in [0.4, 0.5) is 5.69 Å². The highest BCUT2D eigenvalue weighted by molar-refractivity contribution is 5.97. The number of hydrogen-bond acceptors (Lipinski definition) is 6. The lowest BCUT2D eigenvalue weighted by molar-refractivity contribution is -0.121. The third-order valence-corrected chi connectivity index (χ3v) is 4.50. The van der Waals surface area contributed by atoms with Crippen molar-refractivity contribution in [3.63, 3.8) is 0 Å². The third kappa shape index (κ3) is 4.82. The summed E-state index contributed by atoms with van der Waals surface area (Å²) in [6, 6.07) is 15.9. The van der Waals surface area contributed by atoms with Gasteiger partial charge in [0, 0.05) is 12.7 Å². The zero-order valence-corrected chi connectivity index (χ0v) is 16.5. The van der Waals surface area contributed by atoms with Crippen LogP contribution in [0.5, 0.6) is 5.75 Å². The molecule has 0 saturated heterocycles. The molecular formula is C22H22N2O5. The van der Waals surface area contributed by atoms with Crippen LogP contribution in [0.15, 0.2) is 59.1 Å². The molecule has 150 valence electrons. The van der Waals surface area contributed by atoms with Crippen LogP contribution in [-0.4, -0.2) is 30.7 Å². The number of benzene rings is 2. The molecular weight excluding hydrogens is 372 g/mol. The molecule has 0 fully saturated rings. The number of likely N-dealkylation sites (N-methyl/N-ethyl adjacent to an activating group) is 1. The van der Waals surface area contributed by atoms with Gasteiger partial charge >= 0.3 is 5.97 Å². The van der Waals surface area contributed by atoms with Crippen molar-refractivity contribution >= 4 is 17.6 Å². The summed E-state index contributed by atoms with van der Waals surface area (Å²) in [4.78, 5) is 26.3. The van der Waals surface area contributed by atoms with E-state index in [0.717, 1.165) is 16.9 Å². The molecule has 1 amide bonds. The Morgan fingerprint density at radius 3 is 2.41 bits per heavy atom. The van der Waals surface area contributed by atoms with E-state index in [1.54, 1.807) is 50.4 Å². The SMILES string of the molecule is Cc1noc(C)c1COc1ccccc1C(=O)OCC(=O)N(C)c1ccccc1. The summed E-state index contributed by atoms with van der Waals surface area (Å²) < 4.78 is 16.1. The molecule has 0 spiro atoms. The lowest BCUT2D eigenvalue weighted by atomic mass is 10.2. The second-order valence-corrected chi connectivity index (χ2v) is 6.45. The Labute approximate surface area is 168 Å². The van der Waals surface area contributed by atoms with Crippen LogP contribution >= 0.6 is 0 Å². The van der Waals surface area contributed by atoms with E-state index in [2.05, 4.69) is 5.16 Å². The standard InChI is InChI=1S/C22H22N2O5/c1-15-19(16(2)29-23-15)13-27-20-12-8-7-11-18(20)22(26)28-14-21(25)24(3)17-9-5-4-6-10-17/h4-12H,13-14H2,1-3H3. The van der Waals surface area contributed by atoms with E-state index in [1.807, 2.05) is 25.1 Å². The summed E-state index contributed by atoms with van der Waals surface area (Å²) in [6.07, 6.45) is 0. The molecule has 0 bridgehead atoms. The molecule has 0 aliphatic rings. The number of carbonyl (C=O) groups excluding carboxylic acids is 2. The van der Waals surface area contributed by atoms with Gasteiger partial charge in [-0.15, -0.1) is 0 Å². The van der Waals surface area contributed by atoms with E-state index in [-0.39, 0.29) is 24.7 Å². The van der Waals surface area contributed by atoms with Gasteiger partial charge in [0.1, 0.15) is 23.7 Å². The van der Waals surface area contributed by atoms with Crippen LogP contribution in [-0.2, 0) is 16.1 Å². The summed E-state index contributed by atoms with van der Waals surface area (Å²) in [6.45, 7) is 3.46. The maximum absolute atomic E-state index is 12.5. The van der Waals surface area contributed by atoms with Crippen molar-refractivity contribution in [1.29, 1.82) is 0 Å². The number of amides is 1. The van der Waals surface area contributed by atoms with Crippen molar-refractivity contribution in [2.24, 2.45) is 0 Å². The van der Waals surface area contributed by atoms with Crippen LogP contribution in [0, 0.1) is 13.8 Å². The normalized spacial score (nSPS) is 10.4. The molecule has 1 heterocycles. The molecule has 0 radical (unpaired) electrons. The predicted molar refractivity (Wildman–Crippen MR) is 107 cm³/mol. The van der Waals surface area contributed by atoms with Gasteiger partial charge in [-0.2, -0.15) is 0 Å². The minimum absolute atomic E-state index is 0.209. The first kappa shape index (κ1) is 20.1. The average Bonchev–Trinajstić information content (AvgIpc) is 3.07. The van der Waals surface area contributed by atoms with Crippen molar-refractivity contribution in [1.82, 2.24) is 5.16 Å². The number of esters is 1. The quantitative estimate of drug-likeness (QED) is 0.569. The van der Waals surface area contributed by atoms with Crippen LogP contribution < -0.4 is 9.64 Å². The Kier molecular flexibility index (Phi) is 6.29. The van der Waals surface area contributed by atoms with Crippen LogP contribution in [0.3, 0.4) is 0 Å². The Balaban J connectivity index is 1.63. The van der Waals surface area contributed by atoms with Gasteiger partial charge in [0.25, 0.3) is 5.91 Å². The van der Waals surface area contributed by atoms with Gasteiger partial charge in [0.05, 0.1) is 11.3 Å². The van der Waals surface area contributed by atoms with E-state index >= 15 is 0 Å². The number of rotatable bonds is 7. The topological polar surface area (TPSA) is 81.9 Å². The van der Waals surface area contributed by atoms with Gasteiger partial charge in [0.15, 0.2) is 6.61 Å². The highest BCUT2D eigenvalue weighted by Gasteiger charge is 2.18. The minimum Gasteiger partial charge on any atom is -0.488 e. The number of aromatic nitrogens is 1. The third-order valence-electron chi connectivity index (χ3n) is 4.50. The highest BCUT2D eigenvalue weighted by Crippen LogP contribution is 2.22.